The van der Waals surface area contributed by atoms with E-state index in [1.54, 1.807) is 0 Å². The number of aryl methyl sites for hydroxylation is 1. The molecule has 0 spiro atoms. The molecule has 5 aliphatic rings. The predicted molar refractivity (Wildman–Crippen MR) is 298 cm³/mol. The number of fused-ring (bicyclic) bond motifs is 4. The van der Waals surface area contributed by atoms with E-state index in [0.29, 0.717) is 23.3 Å². The number of hydrogen-bond donors (Lipinski definition) is 0. The molecule has 71 heavy (non-hydrogen) atoms. The minimum absolute atomic E-state index is 0. The van der Waals surface area contributed by atoms with Crippen molar-refractivity contribution in [3.63, 3.8) is 0 Å². The number of para-hydroxylation sites is 4. The fourth-order valence-electron chi connectivity index (χ4n) is 13.6. The largest absolute Gasteiger partial charge is 0.509 e. The summed E-state index contributed by atoms with van der Waals surface area (Å²) >= 11 is 0. The van der Waals surface area contributed by atoms with Crippen LogP contribution in [0.5, 0.6) is 11.5 Å². The molecule has 6 aromatic carbocycles. The molecular formula is C63H67N4OPtSi2-3. The third-order valence-corrected chi connectivity index (χ3v) is 20.7. The molecule has 13 rings (SSSR count). The Morgan fingerprint density at radius 2 is 1.27 bits per heavy atom. The van der Waals surface area contributed by atoms with Crippen LogP contribution < -0.4 is 24.9 Å². The molecule has 0 atom stereocenters. The smallest absolute Gasteiger partial charge is 0.135 e. The van der Waals surface area contributed by atoms with Gasteiger partial charge in [-0.3, -0.25) is 0 Å². The van der Waals surface area contributed by atoms with Crippen molar-refractivity contribution >= 4 is 71.1 Å². The molecule has 3 heterocycles. The Balaban J connectivity index is 0.00000547. The fraction of sp³-hybridized carbons (Fsp3) is 0.333. The summed E-state index contributed by atoms with van der Waals surface area (Å²) in [6, 6.07) is 55.3. The van der Waals surface area contributed by atoms with E-state index in [1.165, 1.54) is 81.5 Å². The second kappa shape index (κ2) is 17.5. The Morgan fingerprint density at radius 3 is 1.92 bits per heavy atom. The van der Waals surface area contributed by atoms with Gasteiger partial charge in [0.05, 0.1) is 16.1 Å². The van der Waals surface area contributed by atoms with Crippen molar-refractivity contribution in [2.45, 2.75) is 110 Å². The van der Waals surface area contributed by atoms with Crippen LogP contribution in [0.1, 0.15) is 75.1 Å². The van der Waals surface area contributed by atoms with Gasteiger partial charge in [0.15, 0.2) is 0 Å². The van der Waals surface area contributed by atoms with Crippen LogP contribution in [-0.2, 0) is 31.9 Å². The van der Waals surface area contributed by atoms with Crippen LogP contribution in [0.3, 0.4) is 0 Å². The summed E-state index contributed by atoms with van der Waals surface area (Å²) in [5, 5.41) is 5.28. The SMILES string of the molecule is Cc1ccc(C2(c3ccnc(-n4c5[c-]c(Oc6[c-]c(N7[CH-]N(c8c([Si](C)(C)C)cccc8[Si](C)(C)C)c8ccccc87)cc(C(C)(C)C)c6)ccc5c5ccccc54)c3)C3CC4CC(C3)CC2C4)cc1.[Pt]. The van der Waals surface area contributed by atoms with Crippen LogP contribution in [0.4, 0.5) is 22.7 Å². The average Bonchev–Trinajstić information content (AvgIpc) is 3.87. The summed E-state index contributed by atoms with van der Waals surface area (Å²) in [6.07, 6.45) is 8.80. The number of nitrogens with zero attached hydrogens (tertiary/aromatic N) is 4. The van der Waals surface area contributed by atoms with Gasteiger partial charge in [0, 0.05) is 66.8 Å². The van der Waals surface area contributed by atoms with E-state index in [1.807, 2.05) is 0 Å². The van der Waals surface area contributed by atoms with Gasteiger partial charge in [0.25, 0.3) is 0 Å². The molecule has 5 nitrogen and oxygen atoms in total. The molecule has 366 valence electrons. The normalized spacial score (nSPS) is 21.8. The maximum Gasteiger partial charge on any atom is 0.135 e. The second-order valence-electron chi connectivity index (χ2n) is 24.4. The van der Waals surface area contributed by atoms with Gasteiger partial charge in [-0.05, 0) is 125 Å². The summed E-state index contributed by atoms with van der Waals surface area (Å²) in [6.45, 7) is 26.2. The Bertz CT molecular complexity index is 3280. The van der Waals surface area contributed by atoms with Crippen molar-refractivity contribution < 1.29 is 25.8 Å². The molecule has 0 saturated heterocycles. The van der Waals surface area contributed by atoms with Crippen LogP contribution in [0.25, 0.3) is 27.6 Å². The molecule has 0 radical (unpaired) electrons. The van der Waals surface area contributed by atoms with E-state index in [0.717, 1.165) is 45.4 Å². The zero-order valence-corrected chi connectivity index (χ0v) is 47.4. The van der Waals surface area contributed by atoms with Crippen molar-refractivity contribution in [1.82, 2.24) is 9.55 Å². The van der Waals surface area contributed by atoms with Crippen molar-refractivity contribution in [3.8, 4) is 17.3 Å². The molecule has 0 amide bonds. The Hall–Kier alpha value is -5.21. The molecule has 4 saturated carbocycles. The summed E-state index contributed by atoms with van der Waals surface area (Å²) in [7, 11) is -3.50. The van der Waals surface area contributed by atoms with Crippen LogP contribution in [0, 0.1) is 49.4 Å². The predicted octanol–water partition coefficient (Wildman–Crippen LogP) is 15.4. The number of anilines is 4. The number of ether oxygens (including phenoxy) is 1. The van der Waals surface area contributed by atoms with E-state index >= 15 is 0 Å². The van der Waals surface area contributed by atoms with E-state index in [4.69, 9.17) is 9.72 Å². The third kappa shape index (κ3) is 8.08. The minimum Gasteiger partial charge on any atom is -0.509 e. The first-order valence-corrected chi connectivity index (χ1v) is 32.9. The fourth-order valence-corrected chi connectivity index (χ4v) is 16.8. The molecule has 4 aliphatic carbocycles. The second-order valence-corrected chi connectivity index (χ2v) is 34.5. The van der Waals surface area contributed by atoms with Crippen LogP contribution in [-0.4, -0.2) is 25.7 Å². The van der Waals surface area contributed by atoms with Crippen LogP contribution in [0.2, 0.25) is 39.3 Å². The molecule has 0 unspecified atom stereocenters. The van der Waals surface area contributed by atoms with Crippen LogP contribution in [0.15, 0.2) is 134 Å². The number of pyridine rings is 1. The van der Waals surface area contributed by atoms with Gasteiger partial charge in [-0.25, -0.2) is 4.98 Å². The number of benzene rings is 6. The Kier molecular flexibility index (Phi) is 11.8. The van der Waals surface area contributed by atoms with Crippen molar-refractivity contribution in [2.24, 2.45) is 23.7 Å². The van der Waals surface area contributed by atoms with Gasteiger partial charge >= 0.3 is 0 Å². The molecule has 8 aromatic rings. The van der Waals surface area contributed by atoms with Crippen LogP contribution >= 0.6 is 0 Å². The summed E-state index contributed by atoms with van der Waals surface area (Å²) in [5.74, 6) is 5.24. The summed E-state index contributed by atoms with van der Waals surface area (Å²) in [4.78, 5) is 10.0. The standard InChI is InChI=1S/C63H67N4OSi2.Pt/c1-41-22-24-44(25-23-41)63(47-31-42-30-43(33-47)34-48(63)32-42)45-28-29-64-60(37-45)67-54-17-12-11-16-52(54)53-27-26-50(39-57(53)67)68-51-36-46(62(2,3)4)35-49(38-51)65-40-66(56-19-14-13-18-55(56)65)61-58(69(5,6)7)20-15-21-59(61)70(8,9)10;/h11-29,35-37,40,42-43,47-48H,30-34H2,1-10H3;/q-3;. The quantitative estimate of drug-likeness (QED) is 0.107. The zero-order chi connectivity index (χ0) is 48.5. The topological polar surface area (TPSA) is 33.5 Å². The number of hydrogen-bond acceptors (Lipinski definition) is 4. The van der Waals surface area contributed by atoms with Gasteiger partial charge in [-0.2, -0.15) is 6.07 Å². The summed E-state index contributed by atoms with van der Waals surface area (Å²) < 4.78 is 9.35. The van der Waals surface area contributed by atoms with Gasteiger partial charge in [-0.15, -0.1) is 53.6 Å². The van der Waals surface area contributed by atoms with Gasteiger partial charge < -0.3 is 19.1 Å². The maximum atomic E-state index is 7.02. The van der Waals surface area contributed by atoms with Crippen molar-refractivity contribution in [1.29, 1.82) is 0 Å². The Morgan fingerprint density at radius 1 is 0.634 bits per heavy atom. The number of aromatic nitrogens is 2. The molecule has 2 aromatic heterocycles. The number of rotatable bonds is 9. The van der Waals surface area contributed by atoms with Crippen molar-refractivity contribution in [3.05, 3.63) is 175 Å². The average molecular weight is 1150 g/mol. The van der Waals surface area contributed by atoms with E-state index in [2.05, 4.69) is 234 Å². The van der Waals surface area contributed by atoms with Gasteiger partial charge in [0.2, 0.25) is 0 Å². The summed E-state index contributed by atoms with van der Waals surface area (Å²) in [5.41, 5.74) is 11.9. The van der Waals surface area contributed by atoms with E-state index < -0.39 is 16.1 Å². The molecule has 4 bridgehead atoms. The first-order chi connectivity index (χ1) is 33.4. The first-order valence-electron chi connectivity index (χ1n) is 25.9. The van der Waals surface area contributed by atoms with E-state index in [-0.39, 0.29) is 31.9 Å². The molecule has 0 N–H and O–H groups in total. The monoisotopic (exact) mass is 1150 g/mol. The first kappa shape index (κ1) is 48.1. The third-order valence-electron chi connectivity index (χ3n) is 16.7. The van der Waals surface area contributed by atoms with Gasteiger partial charge in [-0.1, -0.05) is 144 Å². The van der Waals surface area contributed by atoms with Gasteiger partial charge in [0.1, 0.15) is 5.82 Å². The molecule has 1 aliphatic heterocycles. The minimum atomic E-state index is -1.75. The molecule has 8 heteroatoms. The van der Waals surface area contributed by atoms with Crippen molar-refractivity contribution in [2.75, 3.05) is 9.80 Å². The maximum absolute atomic E-state index is 7.02. The van der Waals surface area contributed by atoms with E-state index in [9.17, 15) is 0 Å². The Labute approximate surface area is 439 Å². The zero-order valence-electron chi connectivity index (χ0n) is 43.1. The molecular weight excluding hydrogens is 1080 g/mol. The molecule has 4 fully saturated rings.